The highest BCUT2D eigenvalue weighted by molar-refractivity contribution is 14.0. The molecular formula is C19H30F3IN4O2. The Morgan fingerprint density at radius 1 is 1.24 bits per heavy atom. The number of aliphatic imine (C=N–C) groups is 1. The number of nitrogens with one attached hydrogen (secondary N) is 2. The zero-order valence-corrected chi connectivity index (χ0v) is 19.1. The Hall–Kier alpha value is -1.27. The van der Waals surface area contributed by atoms with E-state index in [1.54, 1.807) is 7.11 Å². The smallest absolute Gasteiger partial charge is 0.401 e. The molecule has 29 heavy (non-hydrogen) atoms. The third-order valence-electron chi connectivity index (χ3n) is 4.26. The van der Waals surface area contributed by atoms with Crippen LogP contribution in [-0.4, -0.2) is 69.6 Å². The summed E-state index contributed by atoms with van der Waals surface area (Å²) < 4.78 is 48.1. The lowest BCUT2D eigenvalue weighted by molar-refractivity contribution is -0.143. The number of likely N-dealkylation sites (tertiary alicyclic amines) is 1. The van der Waals surface area contributed by atoms with Crippen LogP contribution >= 0.6 is 24.0 Å². The van der Waals surface area contributed by atoms with E-state index in [9.17, 15) is 13.2 Å². The van der Waals surface area contributed by atoms with E-state index in [1.165, 1.54) is 4.90 Å². The average Bonchev–Trinajstić information content (AvgIpc) is 3.06. The summed E-state index contributed by atoms with van der Waals surface area (Å²) in [5.74, 6) is 1.38. The van der Waals surface area contributed by atoms with Crippen LogP contribution in [0, 0.1) is 0 Å². The molecule has 1 heterocycles. The highest BCUT2D eigenvalue weighted by Gasteiger charge is 2.34. The van der Waals surface area contributed by atoms with Crippen LogP contribution in [0.25, 0.3) is 0 Å². The lowest BCUT2D eigenvalue weighted by Crippen LogP contribution is -2.45. The molecule has 166 valence electrons. The van der Waals surface area contributed by atoms with E-state index in [0.29, 0.717) is 51.8 Å². The number of nitrogens with zero attached hydrogens (tertiary/aromatic N) is 2. The second kappa shape index (κ2) is 13.1. The number of benzene rings is 1. The SMILES string of the molecule is CCNC(=NCc1ccc(OCCOC)cc1)NC1CCN(CC(F)(F)F)C1.I. The lowest BCUT2D eigenvalue weighted by Gasteiger charge is -2.19. The van der Waals surface area contributed by atoms with Gasteiger partial charge in [-0.05, 0) is 31.0 Å². The molecule has 2 N–H and O–H groups in total. The van der Waals surface area contributed by atoms with Gasteiger partial charge in [0.25, 0.3) is 0 Å². The lowest BCUT2D eigenvalue weighted by atomic mass is 10.2. The molecule has 6 nitrogen and oxygen atoms in total. The van der Waals surface area contributed by atoms with E-state index in [4.69, 9.17) is 9.47 Å². The van der Waals surface area contributed by atoms with Crippen LogP contribution in [0.5, 0.6) is 5.75 Å². The van der Waals surface area contributed by atoms with E-state index >= 15 is 0 Å². The Bertz CT molecular complexity index is 614. The molecule has 0 bridgehead atoms. The summed E-state index contributed by atoms with van der Waals surface area (Å²) in [6.07, 6.45) is -3.50. The fourth-order valence-corrected chi connectivity index (χ4v) is 2.97. The summed E-state index contributed by atoms with van der Waals surface area (Å²) in [6, 6.07) is 7.60. The monoisotopic (exact) mass is 530 g/mol. The summed E-state index contributed by atoms with van der Waals surface area (Å²) in [4.78, 5) is 5.96. The molecule has 1 aliphatic heterocycles. The average molecular weight is 530 g/mol. The fourth-order valence-electron chi connectivity index (χ4n) is 2.97. The first kappa shape index (κ1) is 25.8. The number of halogens is 4. The Kier molecular flexibility index (Phi) is 11.7. The molecule has 1 aromatic rings. The number of ether oxygens (including phenoxy) is 2. The fraction of sp³-hybridized carbons (Fsp3) is 0.632. The minimum absolute atomic E-state index is 0. The van der Waals surface area contributed by atoms with Gasteiger partial charge in [-0.15, -0.1) is 24.0 Å². The van der Waals surface area contributed by atoms with Crippen molar-refractivity contribution in [2.75, 3.05) is 46.5 Å². The predicted molar refractivity (Wildman–Crippen MR) is 118 cm³/mol. The molecule has 10 heteroatoms. The van der Waals surface area contributed by atoms with Crippen molar-refractivity contribution in [3.8, 4) is 5.75 Å². The normalized spacial score (nSPS) is 17.7. The van der Waals surface area contributed by atoms with Gasteiger partial charge in [-0.2, -0.15) is 13.2 Å². The standard InChI is InChI=1S/C19H29F3N4O2.HI/c1-3-23-18(25-16-8-9-26(13-16)14-19(20,21)22)24-12-15-4-6-17(7-5-15)28-11-10-27-2;/h4-7,16H,3,8-14H2,1-2H3,(H2,23,24,25);1H. The van der Waals surface area contributed by atoms with Gasteiger partial charge in [-0.1, -0.05) is 12.1 Å². The van der Waals surface area contributed by atoms with Crippen LogP contribution in [0.1, 0.15) is 18.9 Å². The van der Waals surface area contributed by atoms with Gasteiger partial charge in [-0.25, -0.2) is 4.99 Å². The zero-order chi connectivity index (χ0) is 20.4. The minimum Gasteiger partial charge on any atom is -0.491 e. The Morgan fingerprint density at radius 3 is 2.59 bits per heavy atom. The molecule has 0 spiro atoms. The first-order chi connectivity index (χ1) is 13.4. The van der Waals surface area contributed by atoms with E-state index in [0.717, 1.165) is 11.3 Å². The molecule has 1 aromatic carbocycles. The molecule has 2 rings (SSSR count). The van der Waals surface area contributed by atoms with Crippen molar-refractivity contribution in [2.45, 2.75) is 32.1 Å². The van der Waals surface area contributed by atoms with E-state index in [1.807, 2.05) is 31.2 Å². The molecule has 1 saturated heterocycles. The molecular weight excluding hydrogens is 500 g/mol. The van der Waals surface area contributed by atoms with Gasteiger partial charge in [0, 0.05) is 32.8 Å². The Labute approximate surface area is 187 Å². The second-order valence-corrected chi connectivity index (χ2v) is 6.66. The Balaban J connectivity index is 0.00000420. The molecule has 0 radical (unpaired) electrons. The van der Waals surface area contributed by atoms with E-state index < -0.39 is 12.7 Å². The van der Waals surface area contributed by atoms with Gasteiger partial charge in [0.2, 0.25) is 0 Å². The zero-order valence-electron chi connectivity index (χ0n) is 16.8. The second-order valence-electron chi connectivity index (χ2n) is 6.66. The van der Waals surface area contributed by atoms with Crippen molar-refractivity contribution >= 4 is 29.9 Å². The maximum atomic E-state index is 12.5. The maximum Gasteiger partial charge on any atom is 0.401 e. The summed E-state index contributed by atoms with van der Waals surface area (Å²) >= 11 is 0. The number of rotatable bonds is 9. The molecule has 1 atom stereocenters. The summed E-state index contributed by atoms with van der Waals surface area (Å²) in [5.41, 5.74) is 1.02. The highest BCUT2D eigenvalue weighted by atomic mass is 127. The first-order valence-electron chi connectivity index (χ1n) is 9.44. The van der Waals surface area contributed by atoms with E-state index in [2.05, 4.69) is 15.6 Å². The van der Waals surface area contributed by atoms with Crippen LogP contribution in [0.3, 0.4) is 0 Å². The summed E-state index contributed by atoms with van der Waals surface area (Å²) in [7, 11) is 1.62. The molecule has 0 aliphatic carbocycles. The number of guanidine groups is 1. The summed E-state index contributed by atoms with van der Waals surface area (Å²) in [5, 5.41) is 6.39. The van der Waals surface area contributed by atoms with Crippen LogP contribution in [0.15, 0.2) is 29.3 Å². The molecule has 1 fully saturated rings. The predicted octanol–water partition coefficient (Wildman–Crippen LogP) is 3.02. The van der Waals surface area contributed by atoms with E-state index in [-0.39, 0.29) is 30.0 Å². The minimum atomic E-state index is -4.16. The van der Waals surface area contributed by atoms with Crippen molar-refractivity contribution < 1.29 is 22.6 Å². The van der Waals surface area contributed by atoms with Crippen LogP contribution < -0.4 is 15.4 Å². The van der Waals surface area contributed by atoms with Gasteiger partial charge in [-0.3, -0.25) is 4.90 Å². The third-order valence-corrected chi connectivity index (χ3v) is 4.26. The van der Waals surface area contributed by atoms with Crippen LogP contribution in [0.4, 0.5) is 13.2 Å². The van der Waals surface area contributed by atoms with Gasteiger partial charge in [0.05, 0.1) is 19.7 Å². The molecule has 0 aromatic heterocycles. The van der Waals surface area contributed by atoms with Gasteiger partial charge >= 0.3 is 6.18 Å². The first-order valence-corrected chi connectivity index (χ1v) is 9.44. The number of methoxy groups -OCH3 is 1. The molecule has 1 aliphatic rings. The number of alkyl halides is 3. The molecule has 1 unspecified atom stereocenters. The van der Waals surface area contributed by atoms with Crippen LogP contribution in [0.2, 0.25) is 0 Å². The van der Waals surface area contributed by atoms with Crippen molar-refractivity contribution in [1.82, 2.24) is 15.5 Å². The third kappa shape index (κ3) is 10.4. The molecule has 0 amide bonds. The Morgan fingerprint density at radius 2 is 1.97 bits per heavy atom. The highest BCUT2D eigenvalue weighted by Crippen LogP contribution is 2.20. The topological polar surface area (TPSA) is 58.1 Å². The van der Waals surface area contributed by atoms with Crippen LogP contribution in [-0.2, 0) is 11.3 Å². The number of hydrogen-bond donors (Lipinski definition) is 2. The van der Waals surface area contributed by atoms with Gasteiger partial charge < -0.3 is 20.1 Å². The van der Waals surface area contributed by atoms with Gasteiger partial charge in [0.15, 0.2) is 5.96 Å². The van der Waals surface area contributed by atoms with Crippen molar-refractivity contribution in [3.05, 3.63) is 29.8 Å². The largest absolute Gasteiger partial charge is 0.491 e. The maximum absolute atomic E-state index is 12.5. The van der Waals surface area contributed by atoms with Crippen molar-refractivity contribution in [2.24, 2.45) is 4.99 Å². The van der Waals surface area contributed by atoms with Crippen molar-refractivity contribution in [3.63, 3.8) is 0 Å². The number of hydrogen-bond acceptors (Lipinski definition) is 4. The quantitative estimate of drug-likeness (QED) is 0.223. The van der Waals surface area contributed by atoms with Crippen molar-refractivity contribution in [1.29, 1.82) is 0 Å². The molecule has 0 saturated carbocycles. The van der Waals surface area contributed by atoms with Gasteiger partial charge in [0.1, 0.15) is 12.4 Å². The summed E-state index contributed by atoms with van der Waals surface area (Å²) in [6.45, 7) is 4.05.